The molecule has 1 heterocycles. The van der Waals surface area contributed by atoms with Crippen LogP contribution in [0.3, 0.4) is 0 Å². The summed E-state index contributed by atoms with van der Waals surface area (Å²) in [5.41, 5.74) is 9.89. The van der Waals surface area contributed by atoms with Gasteiger partial charge in [-0.2, -0.15) is 5.10 Å². The monoisotopic (exact) mass is 246 g/mol. The average molecular weight is 246 g/mol. The zero-order valence-electron chi connectivity index (χ0n) is 9.88. The Morgan fingerprint density at radius 3 is 3.06 bits per heavy atom. The topological polar surface area (TPSA) is 88.7 Å². The first kappa shape index (κ1) is 12.1. The third kappa shape index (κ3) is 2.67. The van der Waals surface area contributed by atoms with Gasteiger partial charge in [-0.25, -0.2) is 10.2 Å². The van der Waals surface area contributed by atoms with Gasteiger partial charge < -0.3 is 15.8 Å². The van der Waals surface area contributed by atoms with Gasteiger partial charge >= 0.3 is 6.03 Å². The fourth-order valence-electron chi connectivity index (χ4n) is 1.70. The maximum atomic E-state index is 10.5. The molecule has 0 aromatic heterocycles. The van der Waals surface area contributed by atoms with E-state index in [2.05, 4.69) is 15.8 Å². The Balaban J connectivity index is 2.24. The smallest absolute Gasteiger partial charge is 0.332 e. The molecule has 94 valence electrons. The number of carbonyl (C=O) groups excluding carboxylic acids is 1. The van der Waals surface area contributed by atoms with Crippen molar-refractivity contribution in [3.63, 3.8) is 0 Å². The zero-order chi connectivity index (χ0) is 13.0. The van der Waals surface area contributed by atoms with Gasteiger partial charge in [0, 0.05) is 18.4 Å². The number of benzene rings is 1. The van der Waals surface area contributed by atoms with Gasteiger partial charge in [0.05, 0.1) is 6.21 Å². The van der Waals surface area contributed by atoms with Crippen molar-refractivity contribution in [3.8, 4) is 0 Å². The van der Waals surface area contributed by atoms with E-state index in [-0.39, 0.29) is 6.23 Å². The van der Waals surface area contributed by atoms with Crippen molar-refractivity contribution >= 4 is 24.0 Å². The van der Waals surface area contributed by atoms with Gasteiger partial charge in [0.15, 0.2) is 6.23 Å². The van der Waals surface area contributed by atoms with Crippen molar-refractivity contribution in [2.45, 2.75) is 6.23 Å². The molecule has 1 aromatic rings. The maximum absolute atomic E-state index is 10.5. The number of methoxy groups -OCH3 is 1. The van der Waals surface area contributed by atoms with E-state index in [0.717, 1.165) is 16.8 Å². The summed E-state index contributed by atoms with van der Waals surface area (Å²) >= 11 is 0. The molecule has 6 heteroatoms. The Labute approximate surface area is 105 Å². The number of rotatable bonds is 3. The number of nitrogens with zero attached hydrogens (tertiary/aromatic N) is 1. The van der Waals surface area contributed by atoms with Crippen molar-refractivity contribution < 1.29 is 9.53 Å². The van der Waals surface area contributed by atoms with E-state index in [1.165, 1.54) is 6.21 Å². The number of hydrazone groups is 1. The van der Waals surface area contributed by atoms with Crippen LogP contribution in [0.2, 0.25) is 0 Å². The molecule has 2 amide bonds. The van der Waals surface area contributed by atoms with Gasteiger partial charge in [0.2, 0.25) is 0 Å². The molecular formula is C12H14N4O2. The number of hydrogen-bond acceptors (Lipinski definition) is 4. The minimum atomic E-state index is -0.704. The van der Waals surface area contributed by atoms with Crippen LogP contribution >= 0.6 is 0 Å². The highest BCUT2D eigenvalue weighted by molar-refractivity contribution is 5.92. The first-order valence-corrected chi connectivity index (χ1v) is 5.39. The quantitative estimate of drug-likeness (QED) is 0.551. The number of anilines is 1. The minimum Gasteiger partial charge on any atom is -0.357 e. The number of primary amides is 1. The first-order chi connectivity index (χ1) is 8.70. The maximum Gasteiger partial charge on any atom is 0.332 e. The van der Waals surface area contributed by atoms with Crippen molar-refractivity contribution in [2.75, 3.05) is 12.4 Å². The highest BCUT2D eigenvalue weighted by Crippen LogP contribution is 2.26. The number of nitrogens with one attached hydrogen (secondary N) is 2. The van der Waals surface area contributed by atoms with Crippen LogP contribution in [0.5, 0.6) is 0 Å². The number of urea groups is 1. The van der Waals surface area contributed by atoms with E-state index in [0.29, 0.717) is 0 Å². The molecule has 1 aliphatic rings. The lowest BCUT2D eigenvalue weighted by Crippen LogP contribution is -2.29. The lowest BCUT2D eigenvalue weighted by atomic mass is 10.0. The van der Waals surface area contributed by atoms with E-state index < -0.39 is 6.03 Å². The molecule has 0 saturated heterocycles. The molecule has 1 aromatic carbocycles. The van der Waals surface area contributed by atoms with Crippen LogP contribution in [0.1, 0.15) is 5.56 Å². The molecule has 1 aliphatic heterocycles. The largest absolute Gasteiger partial charge is 0.357 e. The van der Waals surface area contributed by atoms with Gasteiger partial charge in [-0.05, 0) is 17.7 Å². The SMILES string of the molecule is COC1Nc2ccccc2C=C1/C=N/NC(N)=O. The number of para-hydroxylation sites is 1. The van der Waals surface area contributed by atoms with E-state index >= 15 is 0 Å². The van der Waals surface area contributed by atoms with E-state index in [1.807, 2.05) is 30.3 Å². The van der Waals surface area contributed by atoms with Gasteiger partial charge in [0.25, 0.3) is 0 Å². The number of fused-ring (bicyclic) bond motifs is 1. The van der Waals surface area contributed by atoms with Crippen LogP contribution in [0.4, 0.5) is 10.5 Å². The summed E-state index contributed by atoms with van der Waals surface area (Å²) in [5.74, 6) is 0. The lowest BCUT2D eigenvalue weighted by Gasteiger charge is -2.25. The van der Waals surface area contributed by atoms with Gasteiger partial charge in [0.1, 0.15) is 0 Å². The summed E-state index contributed by atoms with van der Waals surface area (Å²) in [5, 5.41) is 6.94. The molecule has 2 rings (SSSR count). The van der Waals surface area contributed by atoms with Gasteiger partial charge in [-0.15, -0.1) is 0 Å². The Morgan fingerprint density at radius 2 is 2.33 bits per heavy atom. The first-order valence-electron chi connectivity index (χ1n) is 5.39. The van der Waals surface area contributed by atoms with Crippen LogP contribution in [0.15, 0.2) is 34.9 Å². The van der Waals surface area contributed by atoms with Gasteiger partial charge in [-0.3, -0.25) is 0 Å². The van der Waals surface area contributed by atoms with Crippen LogP contribution in [-0.4, -0.2) is 25.6 Å². The van der Waals surface area contributed by atoms with E-state index in [4.69, 9.17) is 10.5 Å². The Morgan fingerprint density at radius 1 is 1.56 bits per heavy atom. The van der Waals surface area contributed by atoms with Crippen molar-refractivity contribution in [3.05, 3.63) is 35.4 Å². The highest BCUT2D eigenvalue weighted by atomic mass is 16.5. The summed E-state index contributed by atoms with van der Waals surface area (Å²) in [4.78, 5) is 10.5. The second-order valence-electron chi connectivity index (χ2n) is 3.73. The normalized spacial score (nSPS) is 17.8. The summed E-state index contributed by atoms with van der Waals surface area (Å²) in [6, 6.07) is 7.13. The second kappa shape index (κ2) is 5.33. The molecule has 0 fully saturated rings. The summed E-state index contributed by atoms with van der Waals surface area (Å²) in [6.45, 7) is 0. The fourth-order valence-corrected chi connectivity index (χ4v) is 1.70. The third-order valence-electron chi connectivity index (χ3n) is 2.50. The van der Waals surface area contributed by atoms with Crippen LogP contribution in [0.25, 0.3) is 6.08 Å². The molecule has 0 aliphatic carbocycles. The second-order valence-corrected chi connectivity index (χ2v) is 3.73. The molecule has 6 nitrogen and oxygen atoms in total. The fraction of sp³-hybridized carbons (Fsp3) is 0.167. The standard InChI is InChI=1S/C12H14N4O2/c1-18-11-9(7-14-16-12(13)17)6-8-4-2-3-5-10(8)15-11/h2-7,11,15H,1H3,(H3,13,16,17)/b14-7+. The highest BCUT2D eigenvalue weighted by Gasteiger charge is 2.18. The summed E-state index contributed by atoms with van der Waals surface area (Å²) in [7, 11) is 1.59. The van der Waals surface area contributed by atoms with E-state index in [9.17, 15) is 4.79 Å². The number of carbonyl (C=O) groups is 1. The summed E-state index contributed by atoms with van der Waals surface area (Å²) < 4.78 is 5.30. The van der Waals surface area contributed by atoms with Crippen LogP contribution in [-0.2, 0) is 4.74 Å². The number of amides is 2. The molecule has 1 unspecified atom stereocenters. The average Bonchev–Trinajstić information content (AvgIpc) is 2.37. The van der Waals surface area contributed by atoms with Crippen molar-refractivity contribution in [2.24, 2.45) is 10.8 Å². The molecule has 0 saturated carbocycles. The molecule has 18 heavy (non-hydrogen) atoms. The van der Waals surface area contributed by atoms with Crippen molar-refractivity contribution in [1.29, 1.82) is 0 Å². The lowest BCUT2D eigenvalue weighted by molar-refractivity contribution is 0.158. The Kier molecular flexibility index (Phi) is 3.59. The predicted octanol–water partition coefficient (Wildman–Crippen LogP) is 1.12. The van der Waals surface area contributed by atoms with Crippen LogP contribution in [0, 0.1) is 0 Å². The molecule has 0 bridgehead atoms. The number of hydrogen-bond donors (Lipinski definition) is 3. The van der Waals surface area contributed by atoms with Crippen molar-refractivity contribution in [1.82, 2.24) is 5.43 Å². The zero-order valence-corrected chi connectivity index (χ0v) is 9.88. The molecule has 1 atom stereocenters. The Bertz CT molecular complexity index is 511. The Hall–Kier alpha value is -2.34. The molecule has 0 radical (unpaired) electrons. The predicted molar refractivity (Wildman–Crippen MR) is 70.0 cm³/mol. The molecule has 4 N–H and O–H groups in total. The minimum absolute atomic E-state index is 0.307. The summed E-state index contributed by atoms with van der Waals surface area (Å²) in [6.07, 6.45) is 3.13. The molecular weight excluding hydrogens is 232 g/mol. The number of ether oxygens (including phenoxy) is 1. The molecule has 0 spiro atoms. The third-order valence-corrected chi connectivity index (χ3v) is 2.50. The van der Waals surface area contributed by atoms with Gasteiger partial charge in [-0.1, -0.05) is 18.2 Å². The van der Waals surface area contributed by atoms with E-state index in [1.54, 1.807) is 7.11 Å². The number of nitrogens with two attached hydrogens (primary N) is 1. The van der Waals surface area contributed by atoms with Crippen LogP contribution < -0.4 is 16.5 Å².